The van der Waals surface area contributed by atoms with Crippen molar-refractivity contribution < 1.29 is 14.6 Å². The Balaban J connectivity index is 1.78. The van der Waals surface area contributed by atoms with Gasteiger partial charge in [0.2, 0.25) is 0 Å². The third-order valence-corrected chi connectivity index (χ3v) is 4.99. The SMILES string of the molecule is CC(C)(C)OC(=O)N1CC[C@@](O)(C#Cc2ccccc2)[C@@H](NCc2ccccc2)C1. The van der Waals surface area contributed by atoms with Gasteiger partial charge >= 0.3 is 6.09 Å². The maximum Gasteiger partial charge on any atom is 0.410 e. The van der Waals surface area contributed by atoms with Crippen molar-refractivity contribution in [3.63, 3.8) is 0 Å². The molecule has 1 heterocycles. The topological polar surface area (TPSA) is 61.8 Å². The summed E-state index contributed by atoms with van der Waals surface area (Å²) in [6.07, 6.45) is -0.0227. The van der Waals surface area contributed by atoms with Crippen LogP contribution in [0.3, 0.4) is 0 Å². The summed E-state index contributed by atoms with van der Waals surface area (Å²) in [4.78, 5) is 14.2. The standard InChI is InChI=1S/C25H30N2O3/c1-24(2,3)30-23(28)27-17-16-25(29,15-14-20-10-6-4-7-11-20)22(19-27)26-18-21-12-8-5-9-13-21/h4-13,22,26,29H,16-19H2,1-3H3/t22-,25-/m0/s1. The average Bonchev–Trinajstić information content (AvgIpc) is 2.72. The molecule has 0 aliphatic carbocycles. The van der Waals surface area contributed by atoms with Gasteiger partial charge in [-0.05, 0) is 38.5 Å². The zero-order valence-electron chi connectivity index (χ0n) is 17.9. The molecule has 158 valence electrons. The number of aliphatic hydroxyl groups is 1. The number of carbonyl (C=O) groups is 1. The number of hydrogen-bond donors (Lipinski definition) is 2. The molecule has 1 aliphatic rings. The smallest absolute Gasteiger partial charge is 0.410 e. The molecule has 0 aromatic heterocycles. The van der Waals surface area contributed by atoms with Crippen LogP contribution in [-0.4, -0.2) is 46.4 Å². The number of ether oxygens (including phenoxy) is 1. The van der Waals surface area contributed by atoms with Crippen molar-refractivity contribution in [3.05, 3.63) is 71.8 Å². The van der Waals surface area contributed by atoms with Crippen LogP contribution in [0.1, 0.15) is 38.3 Å². The van der Waals surface area contributed by atoms with Gasteiger partial charge in [-0.25, -0.2) is 4.79 Å². The Kier molecular flexibility index (Phi) is 6.81. The Morgan fingerprint density at radius 2 is 1.80 bits per heavy atom. The third kappa shape index (κ3) is 6.09. The molecule has 2 aromatic rings. The molecule has 5 nitrogen and oxygen atoms in total. The van der Waals surface area contributed by atoms with E-state index in [1.807, 2.05) is 81.4 Å². The summed E-state index contributed by atoms with van der Waals surface area (Å²) in [7, 11) is 0. The van der Waals surface area contributed by atoms with Gasteiger partial charge in [0.15, 0.2) is 0 Å². The lowest BCUT2D eigenvalue weighted by atomic mass is 9.86. The molecule has 2 N–H and O–H groups in total. The number of amides is 1. The van der Waals surface area contributed by atoms with E-state index < -0.39 is 17.2 Å². The fourth-order valence-corrected chi connectivity index (χ4v) is 3.36. The summed E-state index contributed by atoms with van der Waals surface area (Å²) in [6.45, 7) is 6.83. The molecule has 2 atom stereocenters. The largest absolute Gasteiger partial charge is 0.444 e. The molecular formula is C25H30N2O3. The molecule has 1 aliphatic heterocycles. The number of benzene rings is 2. The van der Waals surface area contributed by atoms with Crippen molar-refractivity contribution in [1.29, 1.82) is 0 Å². The predicted molar refractivity (Wildman–Crippen MR) is 118 cm³/mol. The molecule has 0 spiro atoms. The van der Waals surface area contributed by atoms with Gasteiger partial charge in [-0.15, -0.1) is 0 Å². The fourth-order valence-electron chi connectivity index (χ4n) is 3.36. The third-order valence-electron chi connectivity index (χ3n) is 4.99. The summed E-state index contributed by atoms with van der Waals surface area (Å²) in [5, 5.41) is 14.8. The van der Waals surface area contributed by atoms with Gasteiger partial charge in [0.25, 0.3) is 0 Å². The van der Waals surface area contributed by atoms with Crippen LogP contribution in [0.15, 0.2) is 60.7 Å². The Labute approximate surface area is 179 Å². The minimum atomic E-state index is -1.25. The first-order valence-corrected chi connectivity index (χ1v) is 10.3. The molecule has 0 unspecified atom stereocenters. The molecule has 1 amide bonds. The van der Waals surface area contributed by atoms with Crippen LogP contribution in [0.4, 0.5) is 4.79 Å². The average molecular weight is 407 g/mol. The lowest BCUT2D eigenvalue weighted by Gasteiger charge is -2.42. The monoisotopic (exact) mass is 406 g/mol. The van der Waals surface area contributed by atoms with Crippen LogP contribution in [0.2, 0.25) is 0 Å². The number of carbonyl (C=O) groups excluding carboxylic acids is 1. The van der Waals surface area contributed by atoms with Crippen molar-refractivity contribution in [3.8, 4) is 11.8 Å². The molecule has 3 rings (SSSR count). The van der Waals surface area contributed by atoms with Crippen molar-refractivity contribution in [2.24, 2.45) is 0 Å². The molecule has 30 heavy (non-hydrogen) atoms. The second-order valence-corrected chi connectivity index (χ2v) is 8.64. The number of nitrogens with one attached hydrogen (secondary N) is 1. The Morgan fingerprint density at radius 3 is 2.43 bits per heavy atom. The molecule has 0 radical (unpaired) electrons. The first kappa shape index (κ1) is 21.9. The van der Waals surface area contributed by atoms with Crippen LogP contribution < -0.4 is 5.32 Å². The van der Waals surface area contributed by atoms with Gasteiger partial charge in [0.1, 0.15) is 11.2 Å². The maximum atomic E-state index is 12.6. The van der Waals surface area contributed by atoms with E-state index in [1.54, 1.807) is 4.90 Å². The Morgan fingerprint density at radius 1 is 1.17 bits per heavy atom. The van der Waals surface area contributed by atoms with Crippen molar-refractivity contribution in [2.75, 3.05) is 13.1 Å². The molecule has 1 fully saturated rings. The fraction of sp³-hybridized carbons (Fsp3) is 0.400. The van der Waals surface area contributed by atoms with Crippen LogP contribution in [0, 0.1) is 11.8 Å². The van der Waals surface area contributed by atoms with Crippen molar-refractivity contribution in [1.82, 2.24) is 10.2 Å². The number of piperidine rings is 1. The maximum absolute atomic E-state index is 12.6. The van der Waals surface area contributed by atoms with E-state index in [1.165, 1.54) is 0 Å². The summed E-state index contributed by atoms with van der Waals surface area (Å²) < 4.78 is 5.53. The van der Waals surface area contributed by atoms with E-state index in [0.717, 1.165) is 11.1 Å². The second-order valence-electron chi connectivity index (χ2n) is 8.64. The summed E-state index contributed by atoms with van der Waals surface area (Å²) in [6, 6.07) is 19.2. The lowest BCUT2D eigenvalue weighted by molar-refractivity contribution is -0.0234. The number of nitrogens with zero attached hydrogens (tertiary/aromatic N) is 1. The highest BCUT2D eigenvalue weighted by Gasteiger charge is 2.42. The Hall–Kier alpha value is -2.81. The van der Waals surface area contributed by atoms with Gasteiger partial charge in [-0.3, -0.25) is 0 Å². The van der Waals surface area contributed by atoms with Crippen LogP contribution >= 0.6 is 0 Å². The molecule has 1 saturated heterocycles. The zero-order valence-corrected chi connectivity index (χ0v) is 17.9. The minimum Gasteiger partial charge on any atom is -0.444 e. The summed E-state index contributed by atoms with van der Waals surface area (Å²) in [5.74, 6) is 6.16. The normalized spacial score (nSPS) is 21.5. The van der Waals surface area contributed by atoms with Gasteiger partial charge in [-0.1, -0.05) is 60.4 Å². The van der Waals surface area contributed by atoms with Crippen molar-refractivity contribution in [2.45, 2.75) is 51.0 Å². The Bertz CT molecular complexity index is 897. The predicted octanol–water partition coefficient (Wildman–Crippen LogP) is 3.57. The van der Waals surface area contributed by atoms with Gasteiger partial charge in [0.05, 0.1) is 6.04 Å². The molecule has 2 aromatic carbocycles. The van der Waals surface area contributed by atoms with Crippen LogP contribution in [0.5, 0.6) is 0 Å². The van der Waals surface area contributed by atoms with E-state index in [4.69, 9.17) is 4.74 Å². The first-order valence-electron chi connectivity index (χ1n) is 10.3. The highest BCUT2D eigenvalue weighted by molar-refractivity contribution is 5.68. The highest BCUT2D eigenvalue weighted by atomic mass is 16.6. The van der Waals surface area contributed by atoms with Gasteiger partial charge in [0, 0.05) is 31.6 Å². The van der Waals surface area contributed by atoms with Crippen LogP contribution in [-0.2, 0) is 11.3 Å². The molecule has 5 heteroatoms. The minimum absolute atomic E-state index is 0.321. The lowest BCUT2D eigenvalue weighted by Crippen LogP contribution is -2.62. The van der Waals surface area contributed by atoms with Crippen LogP contribution in [0.25, 0.3) is 0 Å². The molecule has 0 saturated carbocycles. The van der Waals surface area contributed by atoms with E-state index in [-0.39, 0.29) is 6.09 Å². The molecular weight excluding hydrogens is 376 g/mol. The molecule has 0 bridgehead atoms. The van der Waals surface area contributed by atoms with E-state index in [9.17, 15) is 9.90 Å². The summed E-state index contributed by atoms with van der Waals surface area (Å²) >= 11 is 0. The highest BCUT2D eigenvalue weighted by Crippen LogP contribution is 2.24. The second kappa shape index (κ2) is 9.34. The van der Waals surface area contributed by atoms with E-state index in [0.29, 0.717) is 26.1 Å². The van der Waals surface area contributed by atoms with E-state index >= 15 is 0 Å². The number of likely N-dealkylation sites (tertiary alicyclic amines) is 1. The van der Waals surface area contributed by atoms with Gasteiger partial charge in [-0.2, -0.15) is 0 Å². The first-order chi connectivity index (χ1) is 14.3. The van der Waals surface area contributed by atoms with Gasteiger partial charge < -0.3 is 20.1 Å². The quantitative estimate of drug-likeness (QED) is 0.765. The van der Waals surface area contributed by atoms with E-state index in [2.05, 4.69) is 17.2 Å². The number of hydrogen-bond acceptors (Lipinski definition) is 4. The zero-order chi connectivity index (χ0) is 21.6. The number of rotatable bonds is 3. The summed E-state index contributed by atoms with van der Waals surface area (Å²) in [5.41, 5.74) is 0.140. The van der Waals surface area contributed by atoms with Crippen molar-refractivity contribution >= 4 is 6.09 Å².